The third-order valence-electron chi connectivity index (χ3n) is 10.0. The Balaban J connectivity index is 1.17. The quantitative estimate of drug-likeness (QED) is 0.171. The van der Waals surface area contributed by atoms with Crippen molar-refractivity contribution in [3.8, 4) is 22.5 Å². The van der Waals surface area contributed by atoms with E-state index >= 15 is 0 Å². The van der Waals surface area contributed by atoms with Crippen LogP contribution in [-0.2, 0) is 13.1 Å². The monoisotopic (exact) mass is 628 g/mol. The van der Waals surface area contributed by atoms with E-state index in [0.29, 0.717) is 6.04 Å². The van der Waals surface area contributed by atoms with Gasteiger partial charge >= 0.3 is 0 Å². The van der Waals surface area contributed by atoms with Gasteiger partial charge in [-0.15, -0.1) is 0 Å². The van der Waals surface area contributed by atoms with Gasteiger partial charge in [-0.2, -0.15) is 0 Å². The van der Waals surface area contributed by atoms with E-state index in [2.05, 4.69) is 112 Å². The van der Waals surface area contributed by atoms with Gasteiger partial charge in [-0.25, -0.2) is 0 Å². The van der Waals surface area contributed by atoms with Gasteiger partial charge in [0.1, 0.15) is 0 Å². The zero-order valence-corrected chi connectivity index (χ0v) is 28.8. The van der Waals surface area contributed by atoms with E-state index in [1.807, 2.05) is 24.5 Å². The highest BCUT2D eigenvalue weighted by Crippen LogP contribution is 2.30. The van der Waals surface area contributed by atoms with Crippen LogP contribution in [0.1, 0.15) is 57.3 Å². The van der Waals surface area contributed by atoms with Crippen molar-refractivity contribution in [3.05, 3.63) is 135 Å². The predicted octanol–water partition coefficient (Wildman–Crippen LogP) is 9.99. The molecule has 1 fully saturated rings. The minimum atomic E-state index is 0.435. The zero-order valence-electron chi connectivity index (χ0n) is 28.1. The van der Waals surface area contributed by atoms with Crippen LogP contribution in [0.15, 0.2) is 85.2 Å². The number of anilines is 1. The molecule has 0 aliphatic carbocycles. The van der Waals surface area contributed by atoms with Gasteiger partial charge < -0.3 is 4.90 Å². The molecule has 0 atom stereocenters. The fraction of sp³-hybridized carbons (Fsp3) is 0.317. The van der Waals surface area contributed by atoms with E-state index in [1.54, 1.807) is 0 Å². The van der Waals surface area contributed by atoms with Gasteiger partial charge in [0, 0.05) is 66.5 Å². The fourth-order valence-electron chi connectivity index (χ4n) is 6.74. The smallest absolute Gasteiger partial charge is 0.0705 e. The van der Waals surface area contributed by atoms with E-state index in [1.165, 1.54) is 61.3 Å². The summed E-state index contributed by atoms with van der Waals surface area (Å²) in [5, 5.41) is 0.766. The number of nitrogens with zero attached hydrogens (tertiary/aromatic N) is 4. The second-order valence-electron chi connectivity index (χ2n) is 13.2. The summed E-state index contributed by atoms with van der Waals surface area (Å²) in [6.45, 7) is 17.0. The Morgan fingerprint density at radius 1 is 0.652 bits per heavy atom. The normalized spacial score (nSPS) is 14.1. The lowest BCUT2D eigenvalue weighted by Crippen LogP contribution is -2.44. The summed E-state index contributed by atoms with van der Waals surface area (Å²) in [5.41, 5.74) is 16.2. The molecule has 4 nitrogen and oxygen atoms in total. The van der Waals surface area contributed by atoms with Crippen molar-refractivity contribution >= 4 is 17.3 Å². The predicted molar refractivity (Wildman–Crippen MR) is 194 cm³/mol. The molecule has 5 heteroatoms. The van der Waals surface area contributed by atoms with Crippen molar-refractivity contribution < 1.29 is 0 Å². The summed E-state index contributed by atoms with van der Waals surface area (Å²) >= 11 is 6.32. The molecule has 2 aromatic heterocycles. The van der Waals surface area contributed by atoms with Gasteiger partial charge in [-0.1, -0.05) is 11.6 Å². The number of benzene rings is 3. The van der Waals surface area contributed by atoms with Crippen LogP contribution in [0.2, 0.25) is 5.02 Å². The lowest BCUT2D eigenvalue weighted by Gasteiger charge is -2.40. The molecular weight excluding hydrogens is 584 g/mol. The SMILES string of the molecule is Cc1cc(-c2cc(CN3CCC(N(Cc4ccnc(-c5cc(C)c(C)c(C)c5)c4)c4ccc(Cl)cc4)CC3)ccn2)cc(C)c1C. The molecule has 0 bridgehead atoms. The summed E-state index contributed by atoms with van der Waals surface area (Å²) in [6, 6.07) is 26.7. The van der Waals surface area contributed by atoms with Crippen molar-refractivity contribution in [1.29, 1.82) is 0 Å². The Bertz CT molecular complexity index is 1790. The molecule has 0 amide bonds. The van der Waals surface area contributed by atoms with Gasteiger partial charge in [0.15, 0.2) is 0 Å². The standard InChI is InChI=1S/C41H45ClN4/c1-27-19-35(20-28(2)31(27)5)40-23-33(11-15-43-40)25-45-17-13-39(14-18-45)46(38-9-7-37(42)8-10-38)26-34-12-16-44-41(24-34)36-21-29(3)32(6)30(4)22-36/h7-12,15-16,19-24,39H,13-14,17-18,25-26H2,1-6H3. The molecule has 1 aliphatic rings. The molecule has 1 aliphatic heterocycles. The zero-order chi connectivity index (χ0) is 32.4. The Hall–Kier alpha value is -3.99. The van der Waals surface area contributed by atoms with Crippen molar-refractivity contribution in [1.82, 2.24) is 14.9 Å². The van der Waals surface area contributed by atoms with Crippen LogP contribution in [0.3, 0.4) is 0 Å². The van der Waals surface area contributed by atoms with Crippen LogP contribution < -0.4 is 4.90 Å². The summed E-state index contributed by atoms with van der Waals surface area (Å²) < 4.78 is 0. The molecule has 3 aromatic carbocycles. The van der Waals surface area contributed by atoms with Gasteiger partial charge in [-0.05, 0) is 172 Å². The third kappa shape index (κ3) is 7.19. The molecule has 5 aromatic rings. The number of halogens is 1. The molecule has 0 saturated carbocycles. The molecule has 0 radical (unpaired) electrons. The van der Waals surface area contributed by atoms with Crippen molar-refractivity contribution in [2.75, 3.05) is 18.0 Å². The van der Waals surface area contributed by atoms with Crippen LogP contribution in [-0.4, -0.2) is 34.0 Å². The van der Waals surface area contributed by atoms with Crippen LogP contribution in [0.4, 0.5) is 5.69 Å². The summed E-state index contributed by atoms with van der Waals surface area (Å²) in [5.74, 6) is 0. The first kappa shape index (κ1) is 32.0. The average molecular weight is 629 g/mol. The first-order valence-electron chi connectivity index (χ1n) is 16.5. The van der Waals surface area contributed by atoms with E-state index in [9.17, 15) is 0 Å². The topological polar surface area (TPSA) is 32.3 Å². The summed E-state index contributed by atoms with van der Waals surface area (Å²) in [6.07, 6.45) is 6.13. The Morgan fingerprint density at radius 3 is 1.65 bits per heavy atom. The van der Waals surface area contributed by atoms with Gasteiger partial charge in [-0.3, -0.25) is 14.9 Å². The first-order valence-corrected chi connectivity index (χ1v) is 16.8. The van der Waals surface area contributed by atoms with Gasteiger partial charge in [0.05, 0.1) is 11.4 Å². The number of piperidine rings is 1. The minimum absolute atomic E-state index is 0.435. The molecule has 6 rings (SSSR count). The van der Waals surface area contributed by atoms with Gasteiger partial charge in [0.25, 0.3) is 0 Å². The fourth-order valence-corrected chi connectivity index (χ4v) is 6.86. The van der Waals surface area contributed by atoms with E-state index in [4.69, 9.17) is 21.6 Å². The maximum atomic E-state index is 6.32. The van der Waals surface area contributed by atoms with Crippen LogP contribution in [0.5, 0.6) is 0 Å². The van der Waals surface area contributed by atoms with Crippen molar-refractivity contribution in [3.63, 3.8) is 0 Å². The Labute approximate surface area is 280 Å². The molecule has 0 spiro atoms. The number of rotatable bonds is 8. The van der Waals surface area contributed by atoms with Gasteiger partial charge in [0.2, 0.25) is 0 Å². The molecule has 236 valence electrons. The lowest BCUT2D eigenvalue weighted by atomic mass is 9.97. The maximum Gasteiger partial charge on any atom is 0.0705 e. The highest BCUT2D eigenvalue weighted by molar-refractivity contribution is 6.30. The first-order chi connectivity index (χ1) is 22.1. The minimum Gasteiger partial charge on any atom is -0.364 e. The summed E-state index contributed by atoms with van der Waals surface area (Å²) in [4.78, 5) is 14.7. The number of hydrogen-bond donors (Lipinski definition) is 0. The second-order valence-corrected chi connectivity index (χ2v) is 13.6. The number of hydrogen-bond acceptors (Lipinski definition) is 4. The van der Waals surface area contributed by atoms with E-state index in [0.717, 1.165) is 55.4 Å². The molecule has 0 N–H and O–H groups in total. The highest BCUT2D eigenvalue weighted by Gasteiger charge is 2.26. The molecular formula is C41H45ClN4. The highest BCUT2D eigenvalue weighted by atomic mass is 35.5. The van der Waals surface area contributed by atoms with Crippen LogP contribution in [0, 0.1) is 41.5 Å². The van der Waals surface area contributed by atoms with E-state index < -0.39 is 0 Å². The molecule has 1 saturated heterocycles. The molecule has 46 heavy (non-hydrogen) atoms. The second kappa shape index (κ2) is 13.8. The van der Waals surface area contributed by atoms with Crippen LogP contribution in [0.25, 0.3) is 22.5 Å². The molecule has 0 unspecified atom stereocenters. The van der Waals surface area contributed by atoms with E-state index in [-0.39, 0.29) is 0 Å². The Kier molecular flexibility index (Phi) is 9.58. The summed E-state index contributed by atoms with van der Waals surface area (Å²) in [7, 11) is 0. The number of aryl methyl sites for hydroxylation is 4. The lowest BCUT2D eigenvalue weighted by molar-refractivity contribution is 0.201. The third-order valence-corrected chi connectivity index (χ3v) is 10.3. The van der Waals surface area contributed by atoms with Crippen LogP contribution >= 0.6 is 11.6 Å². The van der Waals surface area contributed by atoms with Crippen molar-refractivity contribution in [2.45, 2.75) is 73.5 Å². The number of aromatic nitrogens is 2. The molecule has 3 heterocycles. The maximum absolute atomic E-state index is 6.32. The average Bonchev–Trinajstić information content (AvgIpc) is 3.06. The number of pyridine rings is 2. The number of likely N-dealkylation sites (tertiary alicyclic amines) is 1. The Morgan fingerprint density at radius 2 is 1.13 bits per heavy atom. The largest absolute Gasteiger partial charge is 0.364 e. The van der Waals surface area contributed by atoms with Crippen molar-refractivity contribution in [2.24, 2.45) is 0 Å².